The number of benzene rings is 5. The van der Waals surface area contributed by atoms with Crippen LogP contribution in [0.15, 0.2) is 91.0 Å². The Bertz CT molecular complexity index is 1500. The lowest BCUT2D eigenvalue weighted by molar-refractivity contribution is 0.701. The fraction of sp³-hybridized carbons (Fsp3) is 0.152. The predicted octanol–water partition coefficient (Wildman–Crippen LogP) is 9.68. The number of aryl methyl sites for hydroxylation is 1. The summed E-state index contributed by atoms with van der Waals surface area (Å²) in [5.74, 6) is 0.592. The predicted molar refractivity (Wildman–Crippen MR) is 148 cm³/mol. The second-order valence-electron chi connectivity index (χ2n) is 9.13. The molecular formula is C33H30. The largest absolute Gasteiger partial charge is 0.0811 e. The smallest absolute Gasteiger partial charge is 0.00988 e. The zero-order valence-corrected chi connectivity index (χ0v) is 19.7. The van der Waals surface area contributed by atoms with Gasteiger partial charge < -0.3 is 0 Å². The molecule has 0 amide bonds. The highest BCUT2D eigenvalue weighted by Gasteiger charge is 2.08. The second-order valence-corrected chi connectivity index (χ2v) is 9.13. The van der Waals surface area contributed by atoms with Crippen LogP contribution in [0.25, 0.3) is 50.5 Å². The molecule has 0 nitrogen and oxygen atoms in total. The Morgan fingerprint density at radius 3 is 2.21 bits per heavy atom. The third kappa shape index (κ3) is 4.34. The van der Waals surface area contributed by atoms with Crippen LogP contribution >= 0.6 is 0 Å². The molecule has 0 bridgehead atoms. The maximum absolute atomic E-state index is 2.36. The van der Waals surface area contributed by atoms with Gasteiger partial charge >= 0.3 is 0 Å². The van der Waals surface area contributed by atoms with Crippen molar-refractivity contribution < 1.29 is 0 Å². The van der Waals surface area contributed by atoms with Crippen molar-refractivity contribution in [2.24, 2.45) is 5.92 Å². The molecule has 0 aliphatic rings. The van der Waals surface area contributed by atoms with Crippen LogP contribution in [-0.2, 0) is 0 Å². The Morgan fingerprint density at radius 2 is 1.39 bits per heavy atom. The fourth-order valence-electron chi connectivity index (χ4n) is 4.52. The summed E-state index contributed by atoms with van der Waals surface area (Å²) in [6.07, 6.45) is 10.2. The van der Waals surface area contributed by atoms with Crippen LogP contribution in [0.1, 0.15) is 42.5 Å². The van der Waals surface area contributed by atoms with Gasteiger partial charge in [0.1, 0.15) is 0 Å². The van der Waals surface area contributed by atoms with Crippen molar-refractivity contribution in [2.75, 3.05) is 0 Å². The molecule has 0 aliphatic heterocycles. The normalized spacial score (nSPS) is 13.1. The van der Waals surface area contributed by atoms with Gasteiger partial charge in [0.2, 0.25) is 0 Å². The average molecular weight is 427 g/mol. The molecule has 0 N–H and O–H groups in total. The van der Waals surface area contributed by atoms with Gasteiger partial charge in [-0.25, -0.2) is 0 Å². The Hall–Kier alpha value is -3.64. The molecule has 0 heteroatoms. The van der Waals surface area contributed by atoms with E-state index in [0.717, 1.165) is 6.42 Å². The van der Waals surface area contributed by atoms with E-state index in [2.05, 4.69) is 130 Å². The highest BCUT2D eigenvalue weighted by Crippen LogP contribution is 2.33. The molecule has 0 saturated heterocycles. The lowest BCUT2D eigenvalue weighted by Crippen LogP contribution is -1.89. The first kappa shape index (κ1) is 21.2. The van der Waals surface area contributed by atoms with Crippen molar-refractivity contribution in [1.29, 1.82) is 0 Å². The van der Waals surface area contributed by atoms with Gasteiger partial charge in [0.15, 0.2) is 0 Å². The molecule has 0 aliphatic carbocycles. The van der Waals surface area contributed by atoms with E-state index in [4.69, 9.17) is 0 Å². The highest BCUT2D eigenvalue weighted by molar-refractivity contribution is 6.14. The summed E-state index contributed by atoms with van der Waals surface area (Å²) in [7, 11) is 0. The van der Waals surface area contributed by atoms with Gasteiger partial charge in [0, 0.05) is 0 Å². The van der Waals surface area contributed by atoms with E-state index >= 15 is 0 Å². The fourth-order valence-corrected chi connectivity index (χ4v) is 4.52. The molecule has 162 valence electrons. The van der Waals surface area contributed by atoms with Crippen molar-refractivity contribution >= 4 is 50.5 Å². The third-order valence-corrected chi connectivity index (χ3v) is 6.76. The molecule has 0 aromatic heterocycles. The quantitative estimate of drug-likeness (QED) is 0.149. The van der Waals surface area contributed by atoms with Crippen molar-refractivity contribution in [3.05, 3.63) is 113 Å². The topological polar surface area (TPSA) is 0 Å². The van der Waals surface area contributed by atoms with Gasteiger partial charge in [0.05, 0.1) is 0 Å². The average Bonchev–Trinajstić information content (AvgIpc) is 2.85. The monoisotopic (exact) mass is 426 g/mol. The van der Waals surface area contributed by atoms with E-state index in [9.17, 15) is 0 Å². The number of allylic oxidation sites excluding steroid dienone is 1. The Balaban J connectivity index is 1.60. The van der Waals surface area contributed by atoms with Crippen molar-refractivity contribution in [3.63, 3.8) is 0 Å². The van der Waals surface area contributed by atoms with Crippen molar-refractivity contribution in [3.8, 4) is 0 Å². The van der Waals surface area contributed by atoms with Crippen LogP contribution in [0.3, 0.4) is 0 Å². The summed E-state index contributed by atoms with van der Waals surface area (Å²) >= 11 is 0. The van der Waals surface area contributed by atoms with Crippen LogP contribution in [0.5, 0.6) is 0 Å². The summed E-state index contributed by atoms with van der Waals surface area (Å²) in [4.78, 5) is 0. The number of fused-ring (bicyclic) bond motifs is 4. The Kier molecular flexibility index (Phi) is 5.84. The van der Waals surface area contributed by atoms with Crippen LogP contribution < -0.4 is 0 Å². The first-order valence-electron chi connectivity index (χ1n) is 11.9. The molecule has 0 radical (unpaired) electrons. The molecular weight excluding hydrogens is 396 g/mol. The summed E-state index contributed by atoms with van der Waals surface area (Å²) in [5.41, 5.74) is 5.11. The number of rotatable bonds is 5. The molecule has 0 fully saturated rings. The molecule has 33 heavy (non-hydrogen) atoms. The second kappa shape index (κ2) is 9.08. The van der Waals surface area contributed by atoms with Gasteiger partial charge in [0.25, 0.3) is 0 Å². The van der Waals surface area contributed by atoms with Crippen molar-refractivity contribution in [1.82, 2.24) is 0 Å². The maximum atomic E-state index is 2.36. The maximum Gasteiger partial charge on any atom is -0.00988 e. The molecule has 1 unspecified atom stereocenters. The van der Waals surface area contributed by atoms with Gasteiger partial charge in [-0.3, -0.25) is 0 Å². The van der Waals surface area contributed by atoms with E-state index in [0.29, 0.717) is 5.92 Å². The zero-order valence-electron chi connectivity index (χ0n) is 19.7. The molecule has 5 aromatic rings. The van der Waals surface area contributed by atoms with E-state index in [1.165, 1.54) is 54.6 Å². The van der Waals surface area contributed by atoms with E-state index in [1.807, 2.05) is 0 Å². The minimum atomic E-state index is 0.592. The first-order chi connectivity index (χ1) is 16.1. The highest BCUT2D eigenvalue weighted by atomic mass is 14.1. The summed E-state index contributed by atoms with van der Waals surface area (Å²) in [6.45, 7) is 6.74. The van der Waals surface area contributed by atoms with E-state index < -0.39 is 0 Å². The van der Waals surface area contributed by atoms with Crippen LogP contribution in [0.2, 0.25) is 0 Å². The first-order valence-corrected chi connectivity index (χ1v) is 11.9. The minimum absolute atomic E-state index is 0.592. The molecule has 0 spiro atoms. The van der Waals surface area contributed by atoms with Gasteiger partial charge in [-0.2, -0.15) is 0 Å². The standard InChI is InChI=1S/C33H30/c1-4-23(2)10-17-30-24(3)11-18-32-31(30)19-16-28-21-29-20-26(14-15-27(29)22-33(28)32)13-12-25-8-6-5-7-9-25/h5-23H,4H2,1-3H3/b13-12+,17-10-. The summed E-state index contributed by atoms with van der Waals surface area (Å²) in [5, 5.41) is 7.84. The van der Waals surface area contributed by atoms with Gasteiger partial charge in [-0.1, -0.05) is 111 Å². The van der Waals surface area contributed by atoms with Crippen molar-refractivity contribution in [2.45, 2.75) is 27.2 Å². The third-order valence-electron chi connectivity index (χ3n) is 6.76. The van der Waals surface area contributed by atoms with E-state index in [1.54, 1.807) is 0 Å². The molecule has 0 heterocycles. The molecule has 0 saturated carbocycles. The van der Waals surface area contributed by atoms with E-state index in [-0.39, 0.29) is 0 Å². The summed E-state index contributed by atoms with van der Waals surface area (Å²) < 4.78 is 0. The van der Waals surface area contributed by atoms with Crippen LogP contribution in [0, 0.1) is 12.8 Å². The van der Waals surface area contributed by atoms with Crippen LogP contribution in [-0.4, -0.2) is 0 Å². The van der Waals surface area contributed by atoms with Gasteiger partial charge in [-0.05, 0) is 85.6 Å². The minimum Gasteiger partial charge on any atom is -0.0811 e. The zero-order chi connectivity index (χ0) is 22.8. The SMILES string of the molecule is CCC(C)/C=C\c1c(C)ccc2c1ccc1cc3cc(/C=C/c4ccccc4)ccc3cc12. The lowest BCUT2D eigenvalue weighted by atomic mass is 9.92. The van der Waals surface area contributed by atoms with Gasteiger partial charge in [-0.15, -0.1) is 0 Å². The Morgan fingerprint density at radius 1 is 0.636 bits per heavy atom. The Labute approximate surface area is 196 Å². The van der Waals surface area contributed by atoms with Crippen LogP contribution in [0.4, 0.5) is 0 Å². The molecule has 5 rings (SSSR count). The summed E-state index contributed by atoms with van der Waals surface area (Å²) in [6, 6.07) is 31.0. The lowest BCUT2D eigenvalue weighted by Gasteiger charge is -2.12. The number of hydrogen-bond donors (Lipinski definition) is 0. The molecule has 1 atom stereocenters. The number of hydrogen-bond acceptors (Lipinski definition) is 0. The molecule has 5 aromatic carbocycles.